The Labute approximate surface area is 124 Å². The van der Waals surface area contributed by atoms with E-state index in [2.05, 4.69) is 4.98 Å². The second-order valence-electron chi connectivity index (χ2n) is 4.15. The lowest BCUT2D eigenvalue weighted by Gasteiger charge is -2.10. The zero-order chi connectivity index (χ0) is 15.5. The van der Waals surface area contributed by atoms with E-state index in [1.165, 1.54) is 12.3 Å². The van der Waals surface area contributed by atoms with Crippen LogP contribution in [0.25, 0.3) is 0 Å². The molecule has 0 aliphatic carbocycles. The molecule has 0 aliphatic heterocycles. The molecule has 0 saturated carbocycles. The van der Waals surface area contributed by atoms with E-state index < -0.39 is 5.97 Å². The number of nitrogen functional groups attached to an aromatic ring is 1. The molecule has 2 N–H and O–H groups in total. The molecule has 0 fully saturated rings. The molecule has 0 aliphatic rings. The van der Waals surface area contributed by atoms with Gasteiger partial charge in [0.15, 0.2) is 0 Å². The predicted octanol–water partition coefficient (Wildman–Crippen LogP) is 1.27. The average molecular weight is 298 g/mol. The monoisotopic (exact) mass is 298 g/mol. The number of methoxy groups -OCH3 is 1. The van der Waals surface area contributed by atoms with Gasteiger partial charge in [-0.05, 0) is 13.0 Å². The van der Waals surface area contributed by atoms with E-state index in [4.69, 9.17) is 24.7 Å². The van der Waals surface area contributed by atoms with Crippen LogP contribution in [-0.2, 0) is 14.2 Å². The van der Waals surface area contributed by atoms with Gasteiger partial charge in [0.1, 0.15) is 5.56 Å². The lowest BCUT2D eigenvalue weighted by molar-refractivity contribution is 0.0517. The Hall–Kier alpha value is -1.86. The Kier molecular flexibility index (Phi) is 8.15. The van der Waals surface area contributed by atoms with Crippen molar-refractivity contribution in [2.45, 2.75) is 13.3 Å². The highest BCUT2D eigenvalue weighted by atomic mass is 16.5. The number of carbonyl (C=O) groups is 1. The number of hydrogen-bond donors (Lipinski definition) is 1. The van der Waals surface area contributed by atoms with E-state index >= 15 is 0 Å². The van der Waals surface area contributed by atoms with Gasteiger partial charge in [0.2, 0.25) is 5.88 Å². The van der Waals surface area contributed by atoms with Crippen LogP contribution < -0.4 is 10.5 Å². The summed E-state index contributed by atoms with van der Waals surface area (Å²) in [5.41, 5.74) is 6.24. The minimum absolute atomic E-state index is 0.222. The predicted molar refractivity (Wildman–Crippen MR) is 77.4 cm³/mol. The highest BCUT2D eigenvalue weighted by Crippen LogP contribution is 2.19. The van der Waals surface area contributed by atoms with Gasteiger partial charge in [-0.25, -0.2) is 9.78 Å². The van der Waals surface area contributed by atoms with Crippen LogP contribution in [0.2, 0.25) is 0 Å². The summed E-state index contributed by atoms with van der Waals surface area (Å²) in [6, 6.07) is 1.50. The summed E-state index contributed by atoms with van der Waals surface area (Å²) >= 11 is 0. The minimum Gasteiger partial charge on any atom is -0.477 e. The molecule has 0 spiro atoms. The van der Waals surface area contributed by atoms with Crippen LogP contribution in [0.5, 0.6) is 5.88 Å². The summed E-state index contributed by atoms with van der Waals surface area (Å²) in [5, 5.41) is 0. The molecule has 0 atom stereocenters. The number of carbonyl (C=O) groups excluding carboxylic acids is 1. The molecule has 1 heterocycles. The van der Waals surface area contributed by atoms with Gasteiger partial charge >= 0.3 is 5.97 Å². The van der Waals surface area contributed by atoms with E-state index in [-0.39, 0.29) is 18.1 Å². The first-order chi connectivity index (χ1) is 10.2. The van der Waals surface area contributed by atoms with Crippen molar-refractivity contribution >= 4 is 11.7 Å². The molecule has 0 radical (unpaired) electrons. The van der Waals surface area contributed by atoms with Crippen LogP contribution in [0.3, 0.4) is 0 Å². The SMILES string of the molecule is CCOC(=O)c1cc(N)cnc1OCCCOCCOC. The fourth-order valence-electron chi connectivity index (χ4n) is 1.51. The molecule has 0 amide bonds. The fraction of sp³-hybridized carbons (Fsp3) is 0.571. The Morgan fingerprint density at radius 1 is 1.29 bits per heavy atom. The van der Waals surface area contributed by atoms with Crippen LogP contribution in [0, 0.1) is 0 Å². The Bertz CT molecular complexity index is 439. The summed E-state index contributed by atoms with van der Waals surface area (Å²) in [5.74, 6) is -0.275. The number of rotatable bonds is 10. The summed E-state index contributed by atoms with van der Waals surface area (Å²) < 4.78 is 20.6. The van der Waals surface area contributed by atoms with E-state index in [0.29, 0.717) is 38.5 Å². The third-order valence-electron chi connectivity index (χ3n) is 2.47. The summed E-state index contributed by atoms with van der Waals surface area (Å²) in [6.45, 7) is 4.05. The average Bonchev–Trinajstić information content (AvgIpc) is 2.47. The molecular formula is C14H22N2O5. The van der Waals surface area contributed by atoms with Crippen LogP contribution in [0.4, 0.5) is 5.69 Å². The fourth-order valence-corrected chi connectivity index (χ4v) is 1.51. The quantitative estimate of drug-likeness (QED) is 0.513. The number of aromatic nitrogens is 1. The molecule has 0 unspecified atom stereocenters. The maximum atomic E-state index is 11.8. The normalized spacial score (nSPS) is 10.4. The molecule has 1 aromatic heterocycles. The third-order valence-corrected chi connectivity index (χ3v) is 2.47. The highest BCUT2D eigenvalue weighted by Gasteiger charge is 2.15. The zero-order valence-corrected chi connectivity index (χ0v) is 12.5. The number of pyridine rings is 1. The van der Waals surface area contributed by atoms with Crippen molar-refractivity contribution in [3.8, 4) is 5.88 Å². The zero-order valence-electron chi connectivity index (χ0n) is 12.5. The maximum absolute atomic E-state index is 11.8. The molecule has 1 rings (SSSR count). The van der Waals surface area contributed by atoms with Gasteiger partial charge in [-0.3, -0.25) is 0 Å². The van der Waals surface area contributed by atoms with Gasteiger partial charge in [-0.1, -0.05) is 0 Å². The van der Waals surface area contributed by atoms with Crippen molar-refractivity contribution in [3.05, 3.63) is 17.8 Å². The standard InChI is InChI=1S/C14H22N2O5/c1-3-20-14(17)12-9-11(15)10-16-13(12)21-6-4-5-19-8-7-18-2/h9-10H,3-8,15H2,1-2H3. The van der Waals surface area contributed by atoms with Crippen LogP contribution >= 0.6 is 0 Å². The van der Waals surface area contributed by atoms with E-state index in [9.17, 15) is 4.79 Å². The van der Waals surface area contributed by atoms with Crippen molar-refractivity contribution in [3.63, 3.8) is 0 Å². The molecule has 21 heavy (non-hydrogen) atoms. The Balaban J connectivity index is 2.45. The highest BCUT2D eigenvalue weighted by molar-refractivity contribution is 5.92. The topological polar surface area (TPSA) is 92.9 Å². The van der Waals surface area contributed by atoms with Crippen molar-refractivity contribution in [2.24, 2.45) is 0 Å². The second kappa shape index (κ2) is 9.95. The number of esters is 1. The van der Waals surface area contributed by atoms with Crippen LogP contribution in [0.1, 0.15) is 23.7 Å². The van der Waals surface area contributed by atoms with E-state index in [1.807, 2.05) is 0 Å². The lowest BCUT2D eigenvalue weighted by atomic mass is 10.2. The number of hydrogen-bond acceptors (Lipinski definition) is 7. The second-order valence-corrected chi connectivity index (χ2v) is 4.15. The molecular weight excluding hydrogens is 276 g/mol. The summed E-state index contributed by atoms with van der Waals surface area (Å²) in [6.07, 6.45) is 2.12. The van der Waals surface area contributed by atoms with Gasteiger partial charge in [0.25, 0.3) is 0 Å². The molecule has 0 aromatic carbocycles. The van der Waals surface area contributed by atoms with Crippen molar-refractivity contribution in [1.29, 1.82) is 0 Å². The molecule has 1 aromatic rings. The molecule has 0 saturated heterocycles. The van der Waals surface area contributed by atoms with Crippen molar-refractivity contribution in [2.75, 3.05) is 45.9 Å². The first kappa shape index (κ1) is 17.2. The molecule has 7 heteroatoms. The maximum Gasteiger partial charge on any atom is 0.343 e. The van der Waals surface area contributed by atoms with Gasteiger partial charge in [0.05, 0.1) is 38.3 Å². The Morgan fingerprint density at radius 3 is 2.81 bits per heavy atom. The summed E-state index contributed by atoms with van der Waals surface area (Å²) in [7, 11) is 1.62. The van der Waals surface area contributed by atoms with Gasteiger partial charge in [-0.2, -0.15) is 0 Å². The van der Waals surface area contributed by atoms with Crippen LogP contribution in [-0.4, -0.2) is 51.1 Å². The smallest absolute Gasteiger partial charge is 0.343 e. The summed E-state index contributed by atoms with van der Waals surface area (Å²) in [4.78, 5) is 15.8. The first-order valence-electron chi connectivity index (χ1n) is 6.81. The van der Waals surface area contributed by atoms with Crippen molar-refractivity contribution in [1.82, 2.24) is 4.98 Å². The number of ether oxygens (including phenoxy) is 4. The van der Waals surface area contributed by atoms with E-state index in [0.717, 1.165) is 0 Å². The number of anilines is 1. The van der Waals surface area contributed by atoms with E-state index in [1.54, 1.807) is 14.0 Å². The Morgan fingerprint density at radius 2 is 2.10 bits per heavy atom. The third kappa shape index (κ3) is 6.42. The van der Waals surface area contributed by atoms with Crippen molar-refractivity contribution < 1.29 is 23.7 Å². The molecule has 118 valence electrons. The molecule has 7 nitrogen and oxygen atoms in total. The van der Waals surface area contributed by atoms with Crippen LogP contribution in [0.15, 0.2) is 12.3 Å². The largest absolute Gasteiger partial charge is 0.477 e. The lowest BCUT2D eigenvalue weighted by Crippen LogP contribution is -2.12. The minimum atomic E-state index is -0.497. The molecule has 0 bridgehead atoms. The number of nitrogens with zero attached hydrogens (tertiary/aromatic N) is 1. The van der Waals surface area contributed by atoms with Gasteiger partial charge in [-0.15, -0.1) is 0 Å². The number of nitrogens with two attached hydrogens (primary N) is 1. The first-order valence-corrected chi connectivity index (χ1v) is 6.81. The van der Waals surface area contributed by atoms with Gasteiger partial charge < -0.3 is 24.7 Å². The van der Waals surface area contributed by atoms with Gasteiger partial charge in [0, 0.05) is 20.1 Å².